The molecule has 1 aliphatic heterocycles. The molecule has 31 heavy (non-hydrogen) atoms. The number of hydrogen-bond donors (Lipinski definition) is 1. The van der Waals surface area contributed by atoms with E-state index in [0.29, 0.717) is 48.1 Å². The van der Waals surface area contributed by atoms with Gasteiger partial charge in [-0.05, 0) is 54.1 Å². The van der Waals surface area contributed by atoms with Gasteiger partial charge in [0.1, 0.15) is 16.6 Å². The third-order valence-corrected chi connectivity index (χ3v) is 8.13. The van der Waals surface area contributed by atoms with Crippen LogP contribution in [-0.2, 0) is 16.6 Å². The minimum absolute atomic E-state index is 0.0471. The van der Waals surface area contributed by atoms with Crippen molar-refractivity contribution in [3.8, 4) is 5.75 Å². The smallest absolute Gasteiger partial charge is 0.253 e. The molecule has 1 N–H and O–H groups in total. The second-order valence-corrected chi connectivity index (χ2v) is 10.3. The Labute approximate surface area is 186 Å². The maximum atomic E-state index is 12.8. The van der Waals surface area contributed by atoms with E-state index in [0.717, 1.165) is 5.56 Å². The molecular weight excluding hydrogens is 432 g/mol. The normalized spacial score (nSPS) is 15.0. The molecule has 0 bridgehead atoms. The van der Waals surface area contributed by atoms with E-state index < -0.39 is 10.0 Å². The first-order valence-electron chi connectivity index (χ1n) is 10.1. The van der Waals surface area contributed by atoms with Crippen LogP contribution < -0.4 is 9.46 Å². The number of amides is 1. The Balaban J connectivity index is 1.28. The van der Waals surface area contributed by atoms with Crippen molar-refractivity contribution in [1.29, 1.82) is 0 Å². The highest BCUT2D eigenvalue weighted by molar-refractivity contribution is 7.91. The number of rotatable bonds is 7. The first kappa shape index (κ1) is 21.5. The van der Waals surface area contributed by atoms with Crippen LogP contribution in [0.4, 0.5) is 0 Å². The molecule has 1 amide bonds. The van der Waals surface area contributed by atoms with Crippen LogP contribution in [0.3, 0.4) is 0 Å². The van der Waals surface area contributed by atoms with Gasteiger partial charge in [0.05, 0.1) is 0 Å². The standard InChI is InChI=1S/C23H24N2O4S2/c26-23(19-8-10-21(11-9-19)29-17-18-5-2-1-3-6-18)25-14-12-20(13-15-25)24-31(27,28)22-7-4-16-30-22/h1-11,16,20,24H,12-15,17H2. The largest absolute Gasteiger partial charge is 0.489 e. The van der Waals surface area contributed by atoms with Gasteiger partial charge in [0.25, 0.3) is 5.91 Å². The second-order valence-electron chi connectivity index (χ2n) is 7.42. The molecule has 1 fully saturated rings. The molecule has 0 aliphatic carbocycles. The lowest BCUT2D eigenvalue weighted by atomic mass is 10.0. The molecule has 0 radical (unpaired) electrons. The molecule has 0 saturated carbocycles. The summed E-state index contributed by atoms with van der Waals surface area (Å²) in [6.45, 7) is 1.51. The summed E-state index contributed by atoms with van der Waals surface area (Å²) >= 11 is 1.20. The van der Waals surface area contributed by atoms with Crippen molar-refractivity contribution in [2.45, 2.75) is 29.7 Å². The molecule has 1 aliphatic rings. The molecule has 6 nitrogen and oxygen atoms in total. The van der Waals surface area contributed by atoms with Crippen LogP contribution >= 0.6 is 11.3 Å². The highest BCUT2D eigenvalue weighted by atomic mass is 32.2. The summed E-state index contributed by atoms with van der Waals surface area (Å²) in [6.07, 6.45) is 1.18. The zero-order chi connectivity index (χ0) is 21.7. The Morgan fingerprint density at radius 2 is 1.71 bits per heavy atom. The third kappa shape index (κ3) is 5.52. The lowest BCUT2D eigenvalue weighted by Crippen LogP contribution is -2.46. The number of hydrogen-bond acceptors (Lipinski definition) is 5. The Kier molecular flexibility index (Phi) is 6.70. The van der Waals surface area contributed by atoms with Crippen LogP contribution in [0.5, 0.6) is 5.75 Å². The summed E-state index contributed by atoms with van der Waals surface area (Å²) in [4.78, 5) is 14.6. The van der Waals surface area contributed by atoms with Crippen LogP contribution in [0.15, 0.2) is 76.3 Å². The summed E-state index contributed by atoms with van der Waals surface area (Å²) in [5.74, 6) is 0.663. The summed E-state index contributed by atoms with van der Waals surface area (Å²) < 4.78 is 33.6. The van der Waals surface area contributed by atoms with Crippen molar-refractivity contribution in [2.24, 2.45) is 0 Å². The lowest BCUT2D eigenvalue weighted by molar-refractivity contribution is 0.0711. The summed E-state index contributed by atoms with van der Waals surface area (Å²) in [5, 5.41) is 1.74. The zero-order valence-electron chi connectivity index (χ0n) is 16.9. The number of piperidine rings is 1. The summed E-state index contributed by atoms with van der Waals surface area (Å²) in [7, 11) is -3.49. The van der Waals surface area contributed by atoms with Crippen LogP contribution in [-0.4, -0.2) is 38.4 Å². The molecule has 0 atom stereocenters. The quantitative estimate of drug-likeness (QED) is 0.585. The fourth-order valence-electron chi connectivity index (χ4n) is 3.51. The Bertz CT molecular complexity index is 1090. The van der Waals surface area contributed by atoms with Crippen molar-refractivity contribution in [3.05, 3.63) is 83.2 Å². The number of benzene rings is 2. The topological polar surface area (TPSA) is 75.7 Å². The fraction of sp³-hybridized carbons (Fsp3) is 0.261. The summed E-state index contributed by atoms with van der Waals surface area (Å²) in [6, 6.07) is 20.2. The van der Waals surface area contributed by atoms with Gasteiger partial charge in [-0.2, -0.15) is 0 Å². The lowest BCUT2D eigenvalue weighted by Gasteiger charge is -2.32. The number of carbonyl (C=O) groups excluding carboxylic acids is 1. The zero-order valence-corrected chi connectivity index (χ0v) is 18.6. The molecule has 162 valence electrons. The Hall–Kier alpha value is -2.68. The maximum absolute atomic E-state index is 12.8. The van der Waals surface area contributed by atoms with E-state index in [2.05, 4.69) is 4.72 Å². The predicted molar refractivity (Wildman–Crippen MR) is 121 cm³/mol. The number of nitrogens with one attached hydrogen (secondary N) is 1. The molecular formula is C23H24N2O4S2. The molecule has 8 heteroatoms. The van der Waals surface area contributed by atoms with E-state index in [1.807, 2.05) is 30.3 Å². The molecule has 0 spiro atoms. The third-order valence-electron chi connectivity index (χ3n) is 5.21. The van der Waals surface area contributed by atoms with E-state index in [-0.39, 0.29) is 11.9 Å². The highest BCUT2D eigenvalue weighted by Gasteiger charge is 2.27. The van der Waals surface area contributed by atoms with Crippen LogP contribution in [0.1, 0.15) is 28.8 Å². The van der Waals surface area contributed by atoms with Crippen LogP contribution in [0.2, 0.25) is 0 Å². The number of ether oxygens (including phenoxy) is 1. The Morgan fingerprint density at radius 3 is 2.35 bits per heavy atom. The first-order chi connectivity index (χ1) is 15.0. The number of carbonyl (C=O) groups is 1. The van der Waals surface area contributed by atoms with Crippen molar-refractivity contribution >= 4 is 27.3 Å². The highest BCUT2D eigenvalue weighted by Crippen LogP contribution is 2.21. The monoisotopic (exact) mass is 456 g/mol. The van der Waals surface area contributed by atoms with Gasteiger partial charge < -0.3 is 9.64 Å². The molecule has 0 unspecified atom stereocenters. The van der Waals surface area contributed by atoms with E-state index in [1.54, 1.807) is 46.7 Å². The minimum Gasteiger partial charge on any atom is -0.489 e. The van der Waals surface area contributed by atoms with Crippen molar-refractivity contribution < 1.29 is 17.9 Å². The van der Waals surface area contributed by atoms with Gasteiger partial charge in [-0.1, -0.05) is 36.4 Å². The molecule has 2 heterocycles. The van der Waals surface area contributed by atoms with Gasteiger partial charge in [0, 0.05) is 24.7 Å². The van der Waals surface area contributed by atoms with Crippen molar-refractivity contribution in [2.75, 3.05) is 13.1 Å². The molecule has 1 saturated heterocycles. The second kappa shape index (κ2) is 9.64. The number of nitrogens with zero attached hydrogens (tertiary/aromatic N) is 1. The van der Waals surface area contributed by atoms with Crippen LogP contribution in [0, 0.1) is 0 Å². The van der Waals surface area contributed by atoms with Gasteiger partial charge in [0.15, 0.2) is 0 Å². The van der Waals surface area contributed by atoms with E-state index in [1.165, 1.54) is 11.3 Å². The Morgan fingerprint density at radius 1 is 1.00 bits per heavy atom. The maximum Gasteiger partial charge on any atom is 0.253 e. The van der Waals surface area contributed by atoms with E-state index in [9.17, 15) is 13.2 Å². The van der Waals surface area contributed by atoms with Gasteiger partial charge in [-0.3, -0.25) is 4.79 Å². The number of likely N-dealkylation sites (tertiary alicyclic amines) is 1. The van der Waals surface area contributed by atoms with E-state index >= 15 is 0 Å². The average molecular weight is 457 g/mol. The van der Waals surface area contributed by atoms with Crippen LogP contribution in [0.25, 0.3) is 0 Å². The molecule has 2 aromatic carbocycles. The molecule has 3 aromatic rings. The van der Waals surface area contributed by atoms with Crippen molar-refractivity contribution in [3.63, 3.8) is 0 Å². The molecule has 4 rings (SSSR count). The SMILES string of the molecule is O=C(c1ccc(OCc2ccccc2)cc1)N1CCC(NS(=O)(=O)c2cccs2)CC1. The summed E-state index contributed by atoms with van der Waals surface area (Å²) in [5.41, 5.74) is 1.69. The molecule has 1 aromatic heterocycles. The van der Waals surface area contributed by atoms with Gasteiger partial charge >= 0.3 is 0 Å². The van der Waals surface area contributed by atoms with E-state index in [4.69, 9.17) is 4.74 Å². The number of thiophene rings is 1. The predicted octanol–water partition coefficient (Wildman–Crippen LogP) is 3.91. The first-order valence-corrected chi connectivity index (χ1v) is 12.5. The van der Waals surface area contributed by atoms with Gasteiger partial charge in [-0.15, -0.1) is 11.3 Å². The number of sulfonamides is 1. The fourth-order valence-corrected chi connectivity index (χ4v) is 5.83. The average Bonchev–Trinajstić information content (AvgIpc) is 3.35. The van der Waals surface area contributed by atoms with Gasteiger partial charge in [0.2, 0.25) is 10.0 Å². The van der Waals surface area contributed by atoms with Crippen molar-refractivity contribution in [1.82, 2.24) is 9.62 Å². The van der Waals surface area contributed by atoms with Gasteiger partial charge in [-0.25, -0.2) is 13.1 Å². The minimum atomic E-state index is -3.49.